The van der Waals surface area contributed by atoms with Gasteiger partial charge in [0.05, 0.1) is 11.0 Å². The van der Waals surface area contributed by atoms with Crippen LogP contribution in [-0.2, 0) is 10.9 Å². The lowest BCUT2D eigenvalue weighted by Crippen LogP contribution is -2.44. The lowest BCUT2D eigenvalue weighted by molar-refractivity contribution is -0.388. The Labute approximate surface area is 135 Å². The minimum absolute atomic E-state index is 0.118. The summed E-state index contributed by atoms with van der Waals surface area (Å²) in [7, 11) is 1.53. The van der Waals surface area contributed by atoms with Crippen molar-refractivity contribution in [3.63, 3.8) is 0 Å². The normalized spacial score (nSPS) is 18.3. The van der Waals surface area contributed by atoms with Crippen LogP contribution >= 0.6 is 0 Å². The van der Waals surface area contributed by atoms with Crippen molar-refractivity contribution in [1.29, 1.82) is 0 Å². The Bertz CT molecular complexity index is 636. The maximum absolute atomic E-state index is 12.9. The average molecular weight is 347 g/mol. The average Bonchev–Trinajstić information content (AvgIpc) is 2.53. The van der Waals surface area contributed by atoms with Crippen molar-refractivity contribution in [2.24, 2.45) is 0 Å². The highest BCUT2D eigenvalue weighted by molar-refractivity contribution is 5.89. The first-order chi connectivity index (χ1) is 11.2. The number of halogens is 3. The van der Waals surface area contributed by atoms with Crippen molar-refractivity contribution in [3.8, 4) is 0 Å². The van der Waals surface area contributed by atoms with E-state index in [1.807, 2.05) is 0 Å². The third-order valence-electron chi connectivity index (χ3n) is 3.75. The molecule has 0 bridgehead atoms. The van der Waals surface area contributed by atoms with Crippen molar-refractivity contribution in [2.45, 2.75) is 25.1 Å². The molecule has 1 aliphatic rings. The maximum Gasteiger partial charge on any atom is 0.423 e. The second-order valence-corrected chi connectivity index (χ2v) is 5.36. The Hall–Kier alpha value is -2.36. The number of ether oxygens (including phenoxy) is 1. The molecular formula is C14H16F3N3O4. The van der Waals surface area contributed by atoms with E-state index in [0.717, 1.165) is 25.0 Å². The lowest BCUT2D eigenvalue weighted by atomic mass is 10.1. The highest BCUT2D eigenvalue weighted by Crippen LogP contribution is 2.37. The van der Waals surface area contributed by atoms with E-state index in [0.29, 0.717) is 19.2 Å². The highest BCUT2D eigenvalue weighted by atomic mass is 19.4. The monoisotopic (exact) mass is 347 g/mol. The van der Waals surface area contributed by atoms with Gasteiger partial charge in [-0.3, -0.25) is 10.1 Å². The van der Waals surface area contributed by atoms with Crippen LogP contribution in [0.1, 0.15) is 18.4 Å². The highest BCUT2D eigenvalue weighted by Gasteiger charge is 2.38. The van der Waals surface area contributed by atoms with Crippen molar-refractivity contribution in [1.82, 2.24) is 4.90 Å². The molecule has 0 spiro atoms. The summed E-state index contributed by atoms with van der Waals surface area (Å²) in [6.07, 6.45) is -3.49. The number of nitro groups is 1. The van der Waals surface area contributed by atoms with E-state index in [1.165, 1.54) is 12.0 Å². The van der Waals surface area contributed by atoms with Gasteiger partial charge in [0, 0.05) is 32.0 Å². The molecule has 1 aromatic carbocycles. The number of carbonyl (C=O) groups excluding carboxylic acids is 1. The summed E-state index contributed by atoms with van der Waals surface area (Å²) in [5, 5.41) is 13.1. The van der Waals surface area contributed by atoms with Crippen LogP contribution in [0, 0.1) is 10.1 Å². The van der Waals surface area contributed by atoms with Gasteiger partial charge in [0.15, 0.2) is 0 Å². The number of rotatable bonds is 3. The summed E-state index contributed by atoms with van der Waals surface area (Å²) in [4.78, 5) is 23.2. The molecule has 7 nitrogen and oxygen atoms in total. The summed E-state index contributed by atoms with van der Waals surface area (Å²) < 4.78 is 44.0. The van der Waals surface area contributed by atoms with Gasteiger partial charge in [-0.05, 0) is 25.0 Å². The lowest BCUT2D eigenvalue weighted by Gasteiger charge is -2.31. The van der Waals surface area contributed by atoms with Gasteiger partial charge in [-0.1, -0.05) is 0 Å². The summed E-state index contributed by atoms with van der Waals surface area (Å²) in [5.41, 5.74) is -2.62. The van der Waals surface area contributed by atoms with Crippen molar-refractivity contribution < 1.29 is 27.6 Å². The fourth-order valence-electron chi connectivity index (χ4n) is 2.52. The second-order valence-electron chi connectivity index (χ2n) is 5.36. The predicted octanol–water partition coefficient (Wildman–Crippen LogP) is 3.26. The molecule has 2 amide bonds. The zero-order chi connectivity index (χ0) is 17.9. The number of nitro benzene ring substituents is 1. The zero-order valence-corrected chi connectivity index (χ0v) is 12.8. The number of methoxy groups -OCH3 is 1. The van der Waals surface area contributed by atoms with Gasteiger partial charge < -0.3 is 15.0 Å². The summed E-state index contributed by atoms with van der Waals surface area (Å²) in [6.45, 7) is 0.798. The number of nitrogens with one attached hydrogen (secondary N) is 1. The van der Waals surface area contributed by atoms with Gasteiger partial charge in [-0.25, -0.2) is 4.79 Å². The molecule has 24 heavy (non-hydrogen) atoms. The summed E-state index contributed by atoms with van der Waals surface area (Å²) in [6, 6.07) is 1.79. The van der Waals surface area contributed by atoms with Crippen LogP contribution in [0.4, 0.5) is 29.3 Å². The summed E-state index contributed by atoms with van der Waals surface area (Å²) >= 11 is 0. The molecule has 1 N–H and O–H groups in total. The van der Waals surface area contributed by atoms with E-state index < -0.39 is 28.4 Å². The Morgan fingerprint density at radius 3 is 2.75 bits per heavy atom. The van der Waals surface area contributed by atoms with Gasteiger partial charge in [0.25, 0.3) is 5.69 Å². The third-order valence-corrected chi connectivity index (χ3v) is 3.75. The smallest absolute Gasteiger partial charge is 0.380 e. The number of alkyl halides is 3. The first kappa shape index (κ1) is 18.0. The number of hydrogen-bond acceptors (Lipinski definition) is 4. The molecule has 0 aromatic heterocycles. The van der Waals surface area contributed by atoms with E-state index in [4.69, 9.17) is 4.74 Å². The van der Waals surface area contributed by atoms with E-state index in [1.54, 1.807) is 0 Å². The second kappa shape index (κ2) is 7.04. The van der Waals surface area contributed by atoms with Crippen LogP contribution in [-0.4, -0.2) is 42.2 Å². The Morgan fingerprint density at radius 1 is 1.46 bits per heavy atom. The first-order valence-corrected chi connectivity index (χ1v) is 7.16. The molecule has 132 valence electrons. The molecule has 1 aromatic rings. The molecule has 0 aliphatic carbocycles. The number of benzene rings is 1. The number of piperidine rings is 1. The van der Waals surface area contributed by atoms with Crippen molar-refractivity contribution in [2.75, 3.05) is 25.5 Å². The van der Waals surface area contributed by atoms with Crippen LogP contribution in [0.25, 0.3) is 0 Å². The van der Waals surface area contributed by atoms with E-state index in [-0.39, 0.29) is 11.8 Å². The van der Waals surface area contributed by atoms with Gasteiger partial charge in [0.2, 0.25) is 0 Å². The number of carbonyl (C=O) groups is 1. The number of anilines is 1. The quantitative estimate of drug-likeness (QED) is 0.672. The van der Waals surface area contributed by atoms with Gasteiger partial charge in [0.1, 0.15) is 5.56 Å². The van der Waals surface area contributed by atoms with Crippen LogP contribution in [0.15, 0.2) is 18.2 Å². The van der Waals surface area contributed by atoms with Crippen LogP contribution < -0.4 is 5.32 Å². The Kier molecular flexibility index (Phi) is 5.27. The van der Waals surface area contributed by atoms with Gasteiger partial charge >= 0.3 is 12.2 Å². The standard InChI is InChI=1S/C14H16F3N3O4/c1-24-10-3-2-6-19(8-10)13(21)18-9-4-5-12(20(22)23)11(7-9)14(15,16)17/h4-5,7,10H,2-3,6,8H2,1H3,(H,18,21)/t10-/m1/s1. The SMILES string of the molecule is CO[C@@H]1CCCN(C(=O)Nc2ccc([N+](=O)[O-])c(C(F)(F)F)c2)C1. The fraction of sp³-hybridized carbons (Fsp3) is 0.500. The molecule has 1 atom stereocenters. The molecular weight excluding hydrogens is 331 g/mol. The third kappa shape index (κ3) is 4.13. The number of urea groups is 1. The molecule has 0 saturated carbocycles. The molecule has 2 rings (SSSR count). The number of likely N-dealkylation sites (tertiary alicyclic amines) is 1. The van der Waals surface area contributed by atoms with Gasteiger partial charge in [-0.2, -0.15) is 13.2 Å². The van der Waals surface area contributed by atoms with Crippen molar-refractivity contribution >= 4 is 17.4 Å². The largest absolute Gasteiger partial charge is 0.423 e. The Balaban J connectivity index is 2.18. The molecule has 0 unspecified atom stereocenters. The molecule has 1 fully saturated rings. The number of amides is 2. The predicted molar refractivity (Wildman–Crippen MR) is 78.7 cm³/mol. The zero-order valence-electron chi connectivity index (χ0n) is 12.8. The minimum atomic E-state index is -4.89. The van der Waals surface area contributed by atoms with Crippen molar-refractivity contribution in [3.05, 3.63) is 33.9 Å². The van der Waals surface area contributed by atoms with Crippen LogP contribution in [0.5, 0.6) is 0 Å². The number of nitrogens with zero attached hydrogens (tertiary/aromatic N) is 2. The maximum atomic E-state index is 12.9. The molecule has 1 heterocycles. The summed E-state index contributed by atoms with van der Waals surface area (Å²) in [5.74, 6) is 0. The molecule has 0 radical (unpaired) electrons. The van der Waals surface area contributed by atoms with Crippen LogP contribution in [0.3, 0.4) is 0 Å². The molecule has 1 aliphatic heterocycles. The number of hydrogen-bond donors (Lipinski definition) is 1. The van der Waals surface area contributed by atoms with E-state index >= 15 is 0 Å². The first-order valence-electron chi connectivity index (χ1n) is 7.16. The molecule has 10 heteroatoms. The van der Waals surface area contributed by atoms with E-state index in [9.17, 15) is 28.1 Å². The minimum Gasteiger partial charge on any atom is -0.380 e. The van der Waals surface area contributed by atoms with Gasteiger partial charge in [-0.15, -0.1) is 0 Å². The van der Waals surface area contributed by atoms with E-state index in [2.05, 4.69) is 5.32 Å². The fourth-order valence-corrected chi connectivity index (χ4v) is 2.52. The Morgan fingerprint density at radius 2 is 2.17 bits per heavy atom. The molecule has 1 saturated heterocycles. The van der Waals surface area contributed by atoms with Crippen LogP contribution in [0.2, 0.25) is 0 Å². The topological polar surface area (TPSA) is 84.7 Å².